The Morgan fingerprint density at radius 2 is 1.66 bits per heavy atom. The van der Waals surface area contributed by atoms with Crippen molar-refractivity contribution in [2.24, 2.45) is 0 Å². The number of aromatic nitrogens is 2. The zero-order valence-corrected chi connectivity index (χ0v) is 19.6. The molecule has 0 aliphatic heterocycles. The number of benzene rings is 3. The topological polar surface area (TPSA) is 56.6 Å². The van der Waals surface area contributed by atoms with E-state index >= 15 is 0 Å². The molecule has 0 saturated heterocycles. The summed E-state index contributed by atoms with van der Waals surface area (Å²) in [4.78, 5) is 15.1. The first-order valence-electron chi connectivity index (χ1n) is 11.6. The van der Waals surface area contributed by atoms with Crippen LogP contribution in [0, 0.1) is 12.7 Å². The molecule has 3 aromatic carbocycles. The van der Waals surface area contributed by atoms with Crippen molar-refractivity contribution in [2.45, 2.75) is 32.4 Å². The van der Waals surface area contributed by atoms with Crippen LogP contribution in [0.5, 0.6) is 17.4 Å². The van der Waals surface area contributed by atoms with Gasteiger partial charge in [-0.05, 0) is 56.2 Å². The Hall–Kier alpha value is -4.13. The number of methoxy groups -OCH3 is 1. The maximum atomic E-state index is 14.5. The predicted molar refractivity (Wildman–Crippen MR) is 131 cm³/mol. The van der Waals surface area contributed by atoms with Gasteiger partial charge in [-0.15, -0.1) is 0 Å². The van der Waals surface area contributed by atoms with Crippen LogP contribution in [0.1, 0.15) is 34.5 Å². The molecule has 1 saturated carbocycles. The number of aryl methyl sites for hydroxylation is 1. The lowest BCUT2D eigenvalue weighted by molar-refractivity contribution is 0.0724. The number of carbonyl (C=O) groups excluding carboxylic acids is 1. The summed E-state index contributed by atoms with van der Waals surface area (Å²) in [6, 6.07) is 23.2. The first-order chi connectivity index (χ1) is 17.1. The van der Waals surface area contributed by atoms with Gasteiger partial charge in [-0.3, -0.25) is 4.79 Å². The minimum atomic E-state index is -0.523. The molecule has 1 heterocycles. The molecule has 1 fully saturated rings. The number of hydrogen-bond donors (Lipinski definition) is 0. The number of hydrogen-bond acceptors (Lipinski definition) is 4. The Bertz CT molecular complexity index is 1350. The highest BCUT2D eigenvalue weighted by molar-refractivity contribution is 5.95. The normalized spacial score (nSPS) is 12.9. The summed E-state index contributed by atoms with van der Waals surface area (Å²) in [6.45, 7) is 2.14. The second kappa shape index (κ2) is 9.62. The standard InChI is InChI=1S/C28H26FN3O3/c1-19-23(18-31(20-16-17-20)27(33)22-12-6-7-13-24(22)29)28(32(30-19)21-10-4-3-5-11-21)35-26-15-9-8-14-25(26)34-2/h3-15,20H,16-18H2,1-2H3. The Kier molecular flexibility index (Phi) is 6.23. The van der Waals surface area contributed by atoms with Gasteiger partial charge in [0.2, 0.25) is 5.88 Å². The van der Waals surface area contributed by atoms with Crippen molar-refractivity contribution in [3.05, 3.63) is 102 Å². The van der Waals surface area contributed by atoms with Crippen molar-refractivity contribution < 1.29 is 18.7 Å². The van der Waals surface area contributed by atoms with E-state index in [1.54, 1.807) is 28.8 Å². The lowest BCUT2D eigenvalue weighted by atomic mass is 10.1. The number of nitrogens with zero attached hydrogens (tertiary/aromatic N) is 3. The van der Waals surface area contributed by atoms with Gasteiger partial charge < -0.3 is 14.4 Å². The van der Waals surface area contributed by atoms with Gasteiger partial charge in [0.05, 0.1) is 36.2 Å². The van der Waals surface area contributed by atoms with E-state index in [4.69, 9.17) is 14.6 Å². The van der Waals surface area contributed by atoms with Crippen LogP contribution >= 0.6 is 0 Å². The predicted octanol–water partition coefficient (Wildman–Crippen LogP) is 5.93. The monoisotopic (exact) mass is 471 g/mol. The molecule has 6 nitrogen and oxygen atoms in total. The van der Waals surface area contributed by atoms with Crippen molar-refractivity contribution in [3.63, 3.8) is 0 Å². The Balaban J connectivity index is 1.58. The van der Waals surface area contributed by atoms with Crippen LogP contribution in [0.4, 0.5) is 4.39 Å². The van der Waals surface area contributed by atoms with Gasteiger partial charge in [-0.25, -0.2) is 9.07 Å². The fourth-order valence-electron chi connectivity index (χ4n) is 4.09. The summed E-state index contributed by atoms with van der Waals surface area (Å²) >= 11 is 0. The lowest BCUT2D eigenvalue weighted by Crippen LogP contribution is -2.33. The molecule has 0 radical (unpaired) electrons. The molecule has 0 bridgehead atoms. The van der Waals surface area contributed by atoms with Gasteiger partial charge >= 0.3 is 0 Å². The smallest absolute Gasteiger partial charge is 0.257 e. The third kappa shape index (κ3) is 4.62. The molecule has 1 aliphatic carbocycles. The van der Waals surface area contributed by atoms with E-state index in [0.29, 0.717) is 17.4 Å². The van der Waals surface area contributed by atoms with Crippen molar-refractivity contribution in [1.29, 1.82) is 0 Å². The highest BCUT2D eigenvalue weighted by Gasteiger charge is 2.36. The van der Waals surface area contributed by atoms with E-state index in [2.05, 4.69) is 0 Å². The van der Waals surface area contributed by atoms with Crippen LogP contribution in [-0.4, -0.2) is 33.7 Å². The van der Waals surface area contributed by atoms with Gasteiger partial charge in [0.1, 0.15) is 5.82 Å². The molecule has 0 spiro atoms. The van der Waals surface area contributed by atoms with E-state index in [9.17, 15) is 9.18 Å². The Morgan fingerprint density at radius 1 is 1.00 bits per heavy atom. The summed E-state index contributed by atoms with van der Waals surface area (Å²) in [6.07, 6.45) is 1.77. The molecule has 1 aromatic heterocycles. The molecule has 0 atom stereocenters. The van der Waals surface area contributed by atoms with Gasteiger partial charge in [-0.1, -0.05) is 42.5 Å². The zero-order valence-electron chi connectivity index (χ0n) is 19.6. The number of halogens is 1. The number of para-hydroxylation sites is 3. The molecular weight excluding hydrogens is 445 g/mol. The van der Waals surface area contributed by atoms with Gasteiger partial charge in [0.25, 0.3) is 5.91 Å². The molecule has 178 valence electrons. The first kappa shape index (κ1) is 22.7. The summed E-state index contributed by atoms with van der Waals surface area (Å²) in [7, 11) is 1.59. The molecular formula is C28H26FN3O3. The SMILES string of the molecule is COc1ccccc1Oc1c(CN(C(=O)c2ccccc2F)C2CC2)c(C)nn1-c1ccccc1. The maximum absolute atomic E-state index is 14.5. The van der Waals surface area contributed by atoms with Gasteiger partial charge in [0.15, 0.2) is 11.5 Å². The van der Waals surface area contributed by atoms with Crippen LogP contribution in [0.3, 0.4) is 0 Å². The summed E-state index contributed by atoms with van der Waals surface area (Å²) < 4.78 is 28.1. The quantitative estimate of drug-likeness (QED) is 0.320. The second-order valence-electron chi connectivity index (χ2n) is 8.51. The molecule has 7 heteroatoms. The molecule has 5 rings (SSSR count). The van der Waals surface area contributed by atoms with Crippen LogP contribution in [0.2, 0.25) is 0 Å². The van der Waals surface area contributed by atoms with Crippen molar-refractivity contribution in [2.75, 3.05) is 7.11 Å². The van der Waals surface area contributed by atoms with Crippen molar-refractivity contribution >= 4 is 5.91 Å². The molecule has 1 aliphatic rings. The molecule has 0 unspecified atom stereocenters. The fraction of sp³-hybridized carbons (Fsp3) is 0.214. The van der Waals surface area contributed by atoms with E-state index in [1.807, 2.05) is 61.5 Å². The molecule has 1 amide bonds. The Labute approximate surface area is 203 Å². The van der Waals surface area contributed by atoms with E-state index in [0.717, 1.165) is 29.8 Å². The maximum Gasteiger partial charge on any atom is 0.257 e. The van der Waals surface area contributed by atoms with Crippen LogP contribution < -0.4 is 9.47 Å². The summed E-state index contributed by atoms with van der Waals surface area (Å²) in [5.74, 6) is 0.751. The summed E-state index contributed by atoms with van der Waals surface area (Å²) in [5, 5.41) is 4.75. The zero-order chi connectivity index (χ0) is 24.4. The number of ether oxygens (including phenoxy) is 2. The number of rotatable bonds is 8. The largest absolute Gasteiger partial charge is 0.493 e. The third-order valence-corrected chi connectivity index (χ3v) is 6.09. The molecule has 0 N–H and O–H groups in total. The van der Waals surface area contributed by atoms with E-state index in [-0.39, 0.29) is 24.1 Å². The van der Waals surface area contributed by atoms with Gasteiger partial charge in [-0.2, -0.15) is 5.10 Å². The van der Waals surface area contributed by atoms with Crippen molar-refractivity contribution in [1.82, 2.24) is 14.7 Å². The van der Waals surface area contributed by atoms with Crippen molar-refractivity contribution in [3.8, 4) is 23.1 Å². The average molecular weight is 472 g/mol. The molecule has 4 aromatic rings. The minimum Gasteiger partial charge on any atom is -0.493 e. The molecule has 35 heavy (non-hydrogen) atoms. The van der Waals surface area contributed by atoms with E-state index < -0.39 is 5.82 Å². The first-order valence-corrected chi connectivity index (χ1v) is 11.6. The second-order valence-corrected chi connectivity index (χ2v) is 8.51. The van der Waals surface area contributed by atoms with E-state index in [1.165, 1.54) is 12.1 Å². The highest BCUT2D eigenvalue weighted by atomic mass is 19.1. The lowest BCUT2D eigenvalue weighted by Gasteiger charge is -2.23. The van der Waals surface area contributed by atoms with Gasteiger partial charge in [0, 0.05) is 6.04 Å². The Morgan fingerprint density at radius 3 is 2.34 bits per heavy atom. The highest BCUT2D eigenvalue weighted by Crippen LogP contribution is 2.38. The minimum absolute atomic E-state index is 0.0562. The average Bonchev–Trinajstić information content (AvgIpc) is 3.68. The van der Waals surface area contributed by atoms with Crippen LogP contribution in [0.25, 0.3) is 5.69 Å². The van der Waals surface area contributed by atoms with Crippen LogP contribution in [0.15, 0.2) is 78.9 Å². The fourth-order valence-corrected chi connectivity index (χ4v) is 4.09. The number of carbonyl (C=O) groups is 1. The third-order valence-electron chi connectivity index (χ3n) is 6.09. The number of amides is 1. The van der Waals surface area contributed by atoms with Crippen LogP contribution in [-0.2, 0) is 6.54 Å². The summed E-state index contributed by atoms with van der Waals surface area (Å²) in [5.41, 5.74) is 2.38.